The van der Waals surface area contributed by atoms with Crippen molar-refractivity contribution in [3.05, 3.63) is 29.3 Å². The van der Waals surface area contributed by atoms with Crippen LogP contribution in [0.3, 0.4) is 0 Å². The van der Waals surface area contributed by atoms with E-state index in [0.717, 1.165) is 0 Å². The number of aromatic carboxylic acids is 1. The smallest absolute Gasteiger partial charge is 0.335 e. The number of rotatable bonds is 2. The van der Waals surface area contributed by atoms with E-state index in [-0.39, 0.29) is 17.2 Å². The highest BCUT2D eigenvalue weighted by Crippen LogP contribution is 2.31. The van der Waals surface area contributed by atoms with E-state index in [2.05, 4.69) is 0 Å². The summed E-state index contributed by atoms with van der Waals surface area (Å²) in [6.45, 7) is 3.59. The first kappa shape index (κ1) is 11.3. The molecule has 0 aromatic heterocycles. The summed E-state index contributed by atoms with van der Waals surface area (Å²) >= 11 is 0. The van der Waals surface area contributed by atoms with Crippen molar-refractivity contribution < 1.29 is 19.5 Å². The SMILES string of the molecule is CC(C)N1C(=O)C(=O)c2cc(C(=O)O)ccc21. The number of nitrogens with zero attached hydrogens (tertiary/aromatic N) is 1. The molecule has 1 aliphatic rings. The fourth-order valence-electron chi connectivity index (χ4n) is 1.91. The molecule has 17 heavy (non-hydrogen) atoms. The van der Waals surface area contributed by atoms with Crippen LogP contribution in [0.5, 0.6) is 0 Å². The molecule has 0 saturated carbocycles. The molecule has 0 radical (unpaired) electrons. The molecular weight excluding hydrogens is 222 g/mol. The summed E-state index contributed by atoms with van der Waals surface area (Å²) in [4.78, 5) is 35.6. The van der Waals surface area contributed by atoms with Gasteiger partial charge in [0.2, 0.25) is 0 Å². The summed E-state index contributed by atoms with van der Waals surface area (Å²) in [7, 11) is 0. The Labute approximate surface area is 97.7 Å². The molecule has 1 heterocycles. The average molecular weight is 233 g/mol. The molecule has 0 bridgehead atoms. The number of fused-ring (bicyclic) bond motifs is 1. The van der Waals surface area contributed by atoms with Gasteiger partial charge < -0.3 is 10.0 Å². The quantitative estimate of drug-likeness (QED) is 0.782. The fourth-order valence-corrected chi connectivity index (χ4v) is 1.91. The molecule has 88 valence electrons. The predicted molar refractivity (Wildman–Crippen MR) is 60.4 cm³/mol. The van der Waals surface area contributed by atoms with Crippen molar-refractivity contribution >= 4 is 23.3 Å². The third kappa shape index (κ3) is 1.60. The maximum atomic E-state index is 11.7. The van der Waals surface area contributed by atoms with Gasteiger partial charge in [0.25, 0.3) is 11.7 Å². The molecular formula is C12H11NO4. The van der Waals surface area contributed by atoms with Crippen LogP contribution in [-0.4, -0.2) is 28.8 Å². The lowest BCUT2D eigenvalue weighted by Crippen LogP contribution is -2.35. The van der Waals surface area contributed by atoms with E-state index in [1.54, 1.807) is 13.8 Å². The molecule has 0 saturated heterocycles. The monoisotopic (exact) mass is 233 g/mol. The predicted octanol–water partition coefficient (Wildman–Crippen LogP) is 1.32. The van der Waals surface area contributed by atoms with Crippen LogP contribution in [-0.2, 0) is 4.79 Å². The number of carbonyl (C=O) groups excluding carboxylic acids is 2. The standard InChI is InChI=1S/C12H11NO4/c1-6(2)13-9-4-3-7(12(16)17)5-8(9)10(14)11(13)15/h3-6H,1-2H3,(H,16,17). The lowest BCUT2D eigenvalue weighted by Gasteiger charge is -2.20. The van der Waals surface area contributed by atoms with E-state index in [9.17, 15) is 14.4 Å². The lowest BCUT2D eigenvalue weighted by atomic mass is 10.1. The van der Waals surface area contributed by atoms with Crippen molar-refractivity contribution in [2.75, 3.05) is 4.90 Å². The zero-order chi connectivity index (χ0) is 12.7. The van der Waals surface area contributed by atoms with Gasteiger partial charge in [-0.05, 0) is 32.0 Å². The Bertz CT molecular complexity index is 533. The fraction of sp³-hybridized carbons (Fsp3) is 0.250. The Morgan fingerprint density at radius 2 is 1.94 bits per heavy atom. The van der Waals surface area contributed by atoms with E-state index >= 15 is 0 Å². The number of amides is 1. The van der Waals surface area contributed by atoms with Crippen LogP contribution in [0.25, 0.3) is 0 Å². The minimum absolute atomic E-state index is 0.00973. The Balaban J connectivity index is 2.59. The number of ketones is 1. The topological polar surface area (TPSA) is 74.7 Å². The third-order valence-corrected chi connectivity index (χ3v) is 2.68. The van der Waals surface area contributed by atoms with Gasteiger partial charge in [-0.1, -0.05) is 0 Å². The second kappa shape index (κ2) is 3.69. The Morgan fingerprint density at radius 3 is 2.47 bits per heavy atom. The molecule has 5 heteroatoms. The van der Waals surface area contributed by atoms with Crippen LogP contribution in [0.1, 0.15) is 34.6 Å². The van der Waals surface area contributed by atoms with E-state index in [4.69, 9.17) is 5.11 Å². The number of carbonyl (C=O) groups is 3. The Kier molecular flexibility index (Phi) is 2.46. The number of Topliss-reactive ketones (excluding diaryl/α,β-unsaturated/α-hetero) is 1. The van der Waals surface area contributed by atoms with Gasteiger partial charge in [0, 0.05) is 6.04 Å². The Hall–Kier alpha value is -2.17. The number of anilines is 1. The van der Waals surface area contributed by atoms with Crippen molar-refractivity contribution in [2.45, 2.75) is 19.9 Å². The summed E-state index contributed by atoms with van der Waals surface area (Å²) in [6, 6.07) is 4.01. The summed E-state index contributed by atoms with van der Waals surface area (Å²) in [5.41, 5.74) is 0.666. The molecule has 0 spiro atoms. The minimum Gasteiger partial charge on any atom is -0.478 e. The van der Waals surface area contributed by atoms with E-state index in [1.165, 1.54) is 23.1 Å². The molecule has 1 aromatic rings. The molecule has 0 fully saturated rings. The van der Waals surface area contributed by atoms with Crippen molar-refractivity contribution in [1.82, 2.24) is 0 Å². The molecule has 1 N–H and O–H groups in total. The number of benzene rings is 1. The van der Waals surface area contributed by atoms with Crippen LogP contribution in [0.15, 0.2) is 18.2 Å². The largest absolute Gasteiger partial charge is 0.478 e. The summed E-state index contributed by atoms with van der Waals surface area (Å²) in [5.74, 6) is -2.36. The van der Waals surface area contributed by atoms with E-state index in [1.807, 2.05) is 0 Å². The van der Waals surface area contributed by atoms with Gasteiger partial charge in [-0.25, -0.2) is 4.79 Å². The van der Waals surface area contributed by atoms with Crippen LogP contribution in [0.4, 0.5) is 5.69 Å². The van der Waals surface area contributed by atoms with Crippen LogP contribution in [0, 0.1) is 0 Å². The van der Waals surface area contributed by atoms with Gasteiger partial charge in [0.1, 0.15) is 0 Å². The molecule has 2 rings (SSSR count). The molecule has 0 atom stereocenters. The third-order valence-electron chi connectivity index (χ3n) is 2.68. The highest BCUT2D eigenvalue weighted by Gasteiger charge is 2.37. The van der Waals surface area contributed by atoms with Gasteiger partial charge in [-0.3, -0.25) is 9.59 Å². The number of hydrogen-bond donors (Lipinski definition) is 1. The molecule has 1 aromatic carbocycles. The normalized spacial score (nSPS) is 14.4. The second-order valence-electron chi connectivity index (χ2n) is 4.14. The van der Waals surface area contributed by atoms with Crippen molar-refractivity contribution in [2.24, 2.45) is 0 Å². The van der Waals surface area contributed by atoms with Crippen LogP contribution in [0.2, 0.25) is 0 Å². The summed E-state index contributed by atoms with van der Waals surface area (Å²) in [5, 5.41) is 8.83. The first-order valence-corrected chi connectivity index (χ1v) is 5.18. The zero-order valence-corrected chi connectivity index (χ0v) is 9.43. The first-order valence-electron chi connectivity index (χ1n) is 5.18. The molecule has 1 aliphatic heterocycles. The van der Waals surface area contributed by atoms with Crippen molar-refractivity contribution in [1.29, 1.82) is 0 Å². The molecule has 0 unspecified atom stereocenters. The Morgan fingerprint density at radius 1 is 1.29 bits per heavy atom. The number of carboxylic acid groups (broad SMARTS) is 1. The number of hydrogen-bond acceptors (Lipinski definition) is 3. The van der Waals surface area contributed by atoms with Gasteiger partial charge in [0.05, 0.1) is 16.8 Å². The summed E-state index contributed by atoms with van der Waals surface area (Å²) < 4.78 is 0. The van der Waals surface area contributed by atoms with Crippen molar-refractivity contribution in [3.63, 3.8) is 0 Å². The van der Waals surface area contributed by atoms with Crippen LogP contribution >= 0.6 is 0 Å². The second-order valence-corrected chi connectivity index (χ2v) is 4.14. The van der Waals surface area contributed by atoms with Gasteiger partial charge >= 0.3 is 5.97 Å². The zero-order valence-electron chi connectivity index (χ0n) is 9.43. The van der Waals surface area contributed by atoms with Gasteiger partial charge in [-0.2, -0.15) is 0 Å². The average Bonchev–Trinajstić information content (AvgIpc) is 2.51. The minimum atomic E-state index is -1.11. The maximum Gasteiger partial charge on any atom is 0.335 e. The van der Waals surface area contributed by atoms with E-state index < -0.39 is 17.7 Å². The number of carboxylic acids is 1. The van der Waals surface area contributed by atoms with Gasteiger partial charge in [-0.15, -0.1) is 0 Å². The highest BCUT2D eigenvalue weighted by molar-refractivity contribution is 6.52. The molecule has 0 aliphatic carbocycles. The lowest BCUT2D eigenvalue weighted by molar-refractivity contribution is -0.114. The molecule has 5 nitrogen and oxygen atoms in total. The van der Waals surface area contributed by atoms with E-state index in [0.29, 0.717) is 5.69 Å². The van der Waals surface area contributed by atoms with Crippen molar-refractivity contribution in [3.8, 4) is 0 Å². The van der Waals surface area contributed by atoms with Crippen LogP contribution < -0.4 is 4.90 Å². The molecule has 1 amide bonds. The van der Waals surface area contributed by atoms with Gasteiger partial charge in [0.15, 0.2) is 0 Å². The first-order chi connectivity index (χ1) is 7.93. The highest BCUT2D eigenvalue weighted by atomic mass is 16.4. The maximum absolute atomic E-state index is 11.7. The summed E-state index contributed by atoms with van der Waals surface area (Å²) in [6.07, 6.45) is 0.